The Morgan fingerprint density at radius 3 is 2.68 bits per heavy atom. The number of rotatable bonds is 3. The Hall–Kier alpha value is -1.83. The van der Waals surface area contributed by atoms with Gasteiger partial charge in [0, 0.05) is 11.9 Å². The molecule has 2 rings (SSSR count). The number of aryl methyl sites for hydroxylation is 1. The summed E-state index contributed by atoms with van der Waals surface area (Å²) in [5.74, 6) is -2.38. The van der Waals surface area contributed by atoms with Gasteiger partial charge < -0.3 is 15.4 Å². The zero-order chi connectivity index (χ0) is 14.2. The molecule has 1 aliphatic rings. The standard InChI is InChI=1S/C11H14N2O5S/c1-6-9(11(15)16)8(4-12-6)13-10(14)7-2-3-19(17,18)5-7/h4,7,12H,2-3,5H2,1H3,(H,13,14)(H,15,16). The lowest BCUT2D eigenvalue weighted by Gasteiger charge is -2.09. The van der Waals surface area contributed by atoms with Crippen LogP contribution in [0, 0.1) is 12.8 Å². The molecular formula is C11H14N2O5S. The van der Waals surface area contributed by atoms with Crippen LogP contribution in [0.4, 0.5) is 5.69 Å². The topological polar surface area (TPSA) is 116 Å². The maximum Gasteiger partial charge on any atom is 0.339 e. The fraction of sp³-hybridized carbons (Fsp3) is 0.455. The summed E-state index contributed by atoms with van der Waals surface area (Å²) in [5.41, 5.74) is 0.593. The molecule has 2 heterocycles. The molecular weight excluding hydrogens is 272 g/mol. The van der Waals surface area contributed by atoms with Crippen molar-refractivity contribution < 1.29 is 23.1 Å². The van der Waals surface area contributed by atoms with Crippen molar-refractivity contribution in [2.75, 3.05) is 16.8 Å². The number of hydrogen-bond donors (Lipinski definition) is 3. The Morgan fingerprint density at radius 2 is 2.16 bits per heavy atom. The number of H-pyrrole nitrogens is 1. The smallest absolute Gasteiger partial charge is 0.339 e. The minimum absolute atomic E-state index is 0.00301. The van der Waals surface area contributed by atoms with Gasteiger partial charge in [-0.25, -0.2) is 13.2 Å². The first-order chi connectivity index (χ1) is 8.80. The Labute approximate surface area is 109 Å². The van der Waals surface area contributed by atoms with Gasteiger partial charge in [0.15, 0.2) is 9.84 Å². The third-order valence-electron chi connectivity index (χ3n) is 3.15. The maximum atomic E-state index is 11.9. The van der Waals surface area contributed by atoms with Crippen molar-refractivity contribution in [1.82, 2.24) is 4.98 Å². The van der Waals surface area contributed by atoms with Crippen LogP contribution in [0.15, 0.2) is 6.20 Å². The van der Waals surface area contributed by atoms with E-state index in [1.54, 1.807) is 6.92 Å². The molecule has 1 unspecified atom stereocenters. The minimum atomic E-state index is -3.14. The molecule has 0 aliphatic carbocycles. The van der Waals surface area contributed by atoms with E-state index in [0.29, 0.717) is 5.69 Å². The van der Waals surface area contributed by atoms with E-state index in [4.69, 9.17) is 5.11 Å². The van der Waals surface area contributed by atoms with Crippen LogP contribution in [0.2, 0.25) is 0 Å². The first kappa shape index (κ1) is 13.6. The largest absolute Gasteiger partial charge is 0.478 e. The van der Waals surface area contributed by atoms with Crippen LogP contribution in [0.5, 0.6) is 0 Å². The molecule has 19 heavy (non-hydrogen) atoms. The van der Waals surface area contributed by atoms with Gasteiger partial charge in [-0.2, -0.15) is 0 Å². The fourth-order valence-corrected chi connectivity index (χ4v) is 3.88. The van der Waals surface area contributed by atoms with Crippen molar-refractivity contribution in [2.24, 2.45) is 5.92 Å². The van der Waals surface area contributed by atoms with Gasteiger partial charge in [0.05, 0.1) is 23.1 Å². The molecule has 8 heteroatoms. The molecule has 0 aromatic carbocycles. The van der Waals surface area contributed by atoms with Crippen LogP contribution in [-0.4, -0.2) is 41.9 Å². The number of amides is 1. The fourth-order valence-electron chi connectivity index (χ4n) is 2.14. The van der Waals surface area contributed by atoms with Gasteiger partial charge in [-0.1, -0.05) is 0 Å². The van der Waals surface area contributed by atoms with E-state index in [9.17, 15) is 18.0 Å². The molecule has 104 valence electrons. The highest BCUT2D eigenvalue weighted by molar-refractivity contribution is 7.91. The number of aromatic amines is 1. The minimum Gasteiger partial charge on any atom is -0.478 e. The Bertz CT molecular complexity index is 632. The van der Waals surface area contributed by atoms with Gasteiger partial charge in [0.1, 0.15) is 5.56 Å². The van der Waals surface area contributed by atoms with E-state index in [1.807, 2.05) is 0 Å². The van der Waals surface area contributed by atoms with Gasteiger partial charge in [-0.3, -0.25) is 4.79 Å². The first-order valence-corrected chi connectivity index (χ1v) is 7.55. The highest BCUT2D eigenvalue weighted by Crippen LogP contribution is 2.23. The number of carbonyl (C=O) groups excluding carboxylic acids is 1. The number of anilines is 1. The molecule has 1 atom stereocenters. The number of aromatic nitrogens is 1. The second-order valence-corrected chi connectivity index (χ2v) is 6.83. The van der Waals surface area contributed by atoms with Gasteiger partial charge in [0.2, 0.25) is 5.91 Å². The van der Waals surface area contributed by atoms with E-state index >= 15 is 0 Å². The summed E-state index contributed by atoms with van der Waals surface area (Å²) in [4.78, 5) is 25.7. The van der Waals surface area contributed by atoms with Crippen LogP contribution >= 0.6 is 0 Å². The number of carbonyl (C=O) groups is 2. The number of carboxylic acids is 1. The zero-order valence-electron chi connectivity index (χ0n) is 10.3. The molecule has 1 fully saturated rings. The predicted octanol–water partition coefficient (Wildman–Crippen LogP) is 0.395. The van der Waals surface area contributed by atoms with Crippen molar-refractivity contribution in [3.8, 4) is 0 Å². The number of sulfone groups is 1. The lowest BCUT2D eigenvalue weighted by Crippen LogP contribution is -2.24. The third-order valence-corrected chi connectivity index (χ3v) is 4.92. The van der Waals surface area contributed by atoms with Crippen molar-refractivity contribution in [2.45, 2.75) is 13.3 Å². The van der Waals surface area contributed by atoms with Gasteiger partial charge in [-0.05, 0) is 13.3 Å². The van der Waals surface area contributed by atoms with Crippen LogP contribution in [0.25, 0.3) is 0 Å². The zero-order valence-corrected chi connectivity index (χ0v) is 11.1. The second-order valence-electron chi connectivity index (χ2n) is 4.60. The number of carboxylic acid groups (broad SMARTS) is 1. The molecule has 1 aliphatic heterocycles. The van der Waals surface area contributed by atoms with Crippen LogP contribution in [0.3, 0.4) is 0 Å². The summed E-state index contributed by atoms with van der Waals surface area (Å²) in [6, 6.07) is 0. The highest BCUT2D eigenvalue weighted by atomic mass is 32.2. The number of nitrogens with one attached hydrogen (secondary N) is 2. The van der Waals surface area contributed by atoms with E-state index < -0.39 is 27.6 Å². The van der Waals surface area contributed by atoms with E-state index in [2.05, 4.69) is 10.3 Å². The van der Waals surface area contributed by atoms with E-state index in [1.165, 1.54) is 6.20 Å². The molecule has 1 amide bonds. The van der Waals surface area contributed by atoms with Crippen molar-refractivity contribution in [1.29, 1.82) is 0 Å². The average molecular weight is 286 g/mol. The van der Waals surface area contributed by atoms with Gasteiger partial charge >= 0.3 is 5.97 Å². The molecule has 0 saturated carbocycles. The van der Waals surface area contributed by atoms with E-state index in [0.717, 1.165) is 0 Å². The number of aromatic carboxylic acids is 1. The van der Waals surface area contributed by atoms with Crippen molar-refractivity contribution >= 4 is 27.4 Å². The van der Waals surface area contributed by atoms with Gasteiger partial charge in [-0.15, -0.1) is 0 Å². The summed E-state index contributed by atoms with van der Waals surface area (Å²) in [7, 11) is -3.14. The molecule has 1 aromatic rings. The Kier molecular flexibility index (Phi) is 3.36. The lowest BCUT2D eigenvalue weighted by molar-refractivity contribution is -0.119. The maximum absolute atomic E-state index is 11.9. The van der Waals surface area contributed by atoms with Crippen LogP contribution in [0.1, 0.15) is 22.5 Å². The molecule has 3 N–H and O–H groups in total. The van der Waals surface area contributed by atoms with Gasteiger partial charge in [0.25, 0.3) is 0 Å². The highest BCUT2D eigenvalue weighted by Gasteiger charge is 2.33. The van der Waals surface area contributed by atoms with Crippen molar-refractivity contribution in [3.05, 3.63) is 17.5 Å². The molecule has 0 spiro atoms. The summed E-state index contributed by atoms with van der Waals surface area (Å²) < 4.78 is 22.6. The van der Waals surface area contributed by atoms with Crippen LogP contribution in [-0.2, 0) is 14.6 Å². The first-order valence-electron chi connectivity index (χ1n) is 5.73. The molecule has 1 saturated heterocycles. The van der Waals surface area contributed by atoms with Crippen LogP contribution < -0.4 is 5.32 Å². The Balaban J connectivity index is 2.14. The second kappa shape index (κ2) is 4.69. The monoisotopic (exact) mass is 286 g/mol. The normalized spacial score (nSPS) is 21.2. The Morgan fingerprint density at radius 1 is 1.47 bits per heavy atom. The SMILES string of the molecule is Cc1[nH]cc(NC(=O)C2CCS(=O)(=O)C2)c1C(=O)O. The summed E-state index contributed by atoms with van der Waals surface area (Å²) in [6.07, 6.45) is 1.67. The quantitative estimate of drug-likeness (QED) is 0.743. The molecule has 0 bridgehead atoms. The third kappa shape index (κ3) is 2.78. The molecule has 1 aromatic heterocycles. The average Bonchev–Trinajstić information content (AvgIpc) is 2.82. The van der Waals surface area contributed by atoms with Crippen molar-refractivity contribution in [3.63, 3.8) is 0 Å². The summed E-state index contributed by atoms with van der Waals surface area (Å²) in [6.45, 7) is 1.58. The molecule has 7 nitrogen and oxygen atoms in total. The number of hydrogen-bond acceptors (Lipinski definition) is 4. The summed E-state index contributed by atoms with van der Waals surface area (Å²) >= 11 is 0. The predicted molar refractivity (Wildman–Crippen MR) is 67.9 cm³/mol. The molecule has 0 radical (unpaired) electrons. The lowest BCUT2D eigenvalue weighted by atomic mass is 10.1. The van der Waals surface area contributed by atoms with E-state index in [-0.39, 0.29) is 29.2 Å². The summed E-state index contributed by atoms with van der Waals surface area (Å²) in [5, 5.41) is 11.5.